The van der Waals surface area contributed by atoms with Crippen LogP contribution in [0.25, 0.3) is 0 Å². The Labute approximate surface area is 140 Å². The summed E-state index contributed by atoms with van der Waals surface area (Å²) in [6.07, 6.45) is 0.272. The third-order valence-corrected chi connectivity index (χ3v) is 3.74. The van der Waals surface area contributed by atoms with E-state index in [0.717, 1.165) is 5.56 Å². The van der Waals surface area contributed by atoms with Crippen LogP contribution in [-0.2, 0) is 20.3 Å². The van der Waals surface area contributed by atoms with E-state index >= 15 is 0 Å². The average Bonchev–Trinajstić information content (AvgIpc) is 2.60. The highest BCUT2D eigenvalue weighted by molar-refractivity contribution is 7.32. The van der Waals surface area contributed by atoms with Gasteiger partial charge in [-0.1, -0.05) is 48.5 Å². The molecule has 0 bridgehead atoms. The number of amides is 1. The maximum atomic E-state index is 12.3. The molecular weight excluding hydrogens is 329 g/mol. The van der Waals surface area contributed by atoms with Crippen LogP contribution < -0.4 is 5.32 Å². The Bertz CT molecular complexity index is 705. The third-order valence-electron chi connectivity index (χ3n) is 3.35. The molecule has 2 rings (SSSR count). The van der Waals surface area contributed by atoms with Crippen LogP contribution in [0, 0.1) is 0 Å². The van der Waals surface area contributed by atoms with E-state index < -0.39 is 26.7 Å². The fourth-order valence-electron chi connectivity index (χ4n) is 2.16. The minimum atomic E-state index is -3.20. The Morgan fingerprint density at radius 1 is 1.04 bits per heavy atom. The molecule has 0 aliphatic carbocycles. The standard InChI is InChI=1S/C17H18NO5P/c19-16(12-23-24(21)22)15(11-13-7-3-1-4-8-13)18-17(20)14-9-5-2-6-10-14/h1-10,15,24H,11-12H2,(H,18,20)(H,21,22)/t15-/m0/s1. The van der Waals surface area contributed by atoms with E-state index in [1.807, 2.05) is 30.3 Å². The van der Waals surface area contributed by atoms with Gasteiger partial charge in [-0.05, 0) is 24.1 Å². The molecule has 0 aliphatic rings. The van der Waals surface area contributed by atoms with E-state index in [-0.39, 0.29) is 12.3 Å². The first-order valence-corrected chi connectivity index (χ1v) is 8.61. The summed E-state index contributed by atoms with van der Waals surface area (Å²) in [5.41, 5.74) is 1.29. The van der Waals surface area contributed by atoms with Crippen molar-refractivity contribution in [1.29, 1.82) is 0 Å². The molecule has 0 aromatic heterocycles. The van der Waals surface area contributed by atoms with E-state index in [9.17, 15) is 14.2 Å². The first-order chi connectivity index (χ1) is 11.6. The minimum absolute atomic E-state index is 0.272. The van der Waals surface area contributed by atoms with Crippen molar-refractivity contribution in [3.05, 3.63) is 71.8 Å². The van der Waals surface area contributed by atoms with Crippen molar-refractivity contribution >= 4 is 19.9 Å². The van der Waals surface area contributed by atoms with Crippen molar-refractivity contribution in [2.24, 2.45) is 0 Å². The molecule has 1 amide bonds. The SMILES string of the molecule is O=C(N[C@@H](Cc1ccccc1)C(=O)CO[PH](=O)O)c1ccccc1. The van der Waals surface area contributed by atoms with Gasteiger partial charge in [0.2, 0.25) is 0 Å². The maximum Gasteiger partial charge on any atom is 0.317 e. The second kappa shape index (κ2) is 9.13. The lowest BCUT2D eigenvalue weighted by Gasteiger charge is -2.17. The molecule has 1 unspecified atom stereocenters. The molecular formula is C17H18NO5P. The van der Waals surface area contributed by atoms with Gasteiger partial charge >= 0.3 is 8.25 Å². The number of carbonyl (C=O) groups is 2. The van der Waals surface area contributed by atoms with E-state index in [1.54, 1.807) is 30.3 Å². The molecule has 126 valence electrons. The molecule has 2 atom stereocenters. The largest absolute Gasteiger partial charge is 0.342 e. The molecule has 0 aliphatic heterocycles. The molecule has 0 spiro atoms. The molecule has 2 aromatic carbocycles. The maximum absolute atomic E-state index is 12.3. The zero-order chi connectivity index (χ0) is 17.4. The van der Waals surface area contributed by atoms with Crippen LogP contribution in [0.3, 0.4) is 0 Å². The summed E-state index contributed by atoms with van der Waals surface area (Å²) in [6.45, 7) is -0.527. The van der Waals surface area contributed by atoms with Crippen molar-refractivity contribution in [2.75, 3.05) is 6.61 Å². The fourth-order valence-corrected chi connectivity index (χ4v) is 2.43. The van der Waals surface area contributed by atoms with Gasteiger partial charge in [0.15, 0.2) is 5.78 Å². The second-order valence-corrected chi connectivity index (χ2v) is 5.92. The first kappa shape index (κ1) is 18.1. The van der Waals surface area contributed by atoms with Gasteiger partial charge in [0, 0.05) is 5.56 Å². The smallest absolute Gasteiger partial charge is 0.317 e. The number of nitrogens with one attached hydrogen (secondary N) is 1. The van der Waals surface area contributed by atoms with Crippen molar-refractivity contribution in [2.45, 2.75) is 12.5 Å². The predicted molar refractivity (Wildman–Crippen MR) is 90.0 cm³/mol. The van der Waals surface area contributed by atoms with Crippen LogP contribution in [0.5, 0.6) is 0 Å². The molecule has 0 saturated carbocycles. The Hall–Kier alpha value is -2.27. The van der Waals surface area contributed by atoms with Gasteiger partial charge in [-0.3, -0.25) is 14.2 Å². The van der Waals surface area contributed by atoms with Gasteiger partial charge in [-0.2, -0.15) is 0 Å². The summed E-state index contributed by atoms with van der Waals surface area (Å²) in [4.78, 5) is 33.2. The summed E-state index contributed by atoms with van der Waals surface area (Å²) < 4.78 is 15.2. The summed E-state index contributed by atoms with van der Waals surface area (Å²) in [5, 5.41) is 2.66. The second-order valence-electron chi connectivity index (χ2n) is 5.10. The van der Waals surface area contributed by atoms with Gasteiger partial charge in [-0.15, -0.1) is 0 Å². The summed E-state index contributed by atoms with van der Waals surface area (Å²) >= 11 is 0. The molecule has 2 aromatic rings. The lowest BCUT2D eigenvalue weighted by Crippen LogP contribution is -2.43. The van der Waals surface area contributed by atoms with Crippen molar-refractivity contribution in [3.63, 3.8) is 0 Å². The van der Waals surface area contributed by atoms with Crippen LogP contribution >= 0.6 is 8.25 Å². The Morgan fingerprint density at radius 2 is 1.62 bits per heavy atom. The molecule has 24 heavy (non-hydrogen) atoms. The Balaban J connectivity index is 2.11. The lowest BCUT2D eigenvalue weighted by atomic mass is 10.0. The minimum Gasteiger partial charge on any atom is -0.342 e. The van der Waals surface area contributed by atoms with Crippen LogP contribution in [-0.4, -0.2) is 29.2 Å². The Kier molecular flexibility index (Phi) is 6.88. The third kappa shape index (κ3) is 5.74. The van der Waals surface area contributed by atoms with Crippen molar-refractivity contribution < 1.29 is 23.6 Å². The average molecular weight is 347 g/mol. The van der Waals surface area contributed by atoms with E-state index in [1.165, 1.54) is 0 Å². The van der Waals surface area contributed by atoms with E-state index in [0.29, 0.717) is 5.56 Å². The van der Waals surface area contributed by atoms with Crippen LogP contribution in [0.1, 0.15) is 15.9 Å². The van der Waals surface area contributed by atoms with Crippen LogP contribution in [0.15, 0.2) is 60.7 Å². The molecule has 6 nitrogen and oxygen atoms in total. The molecule has 0 heterocycles. The fraction of sp³-hybridized carbons (Fsp3) is 0.176. The summed E-state index contributed by atoms with van der Waals surface area (Å²) in [6, 6.07) is 16.9. The topological polar surface area (TPSA) is 92.7 Å². The number of ketones is 1. The first-order valence-electron chi connectivity index (χ1n) is 7.34. The zero-order valence-electron chi connectivity index (χ0n) is 12.8. The number of hydrogen-bond donors (Lipinski definition) is 2. The van der Waals surface area contributed by atoms with Crippen molar-refractivity contribution in [3.8, 4) is 0 Å². The van der Waals surface area contributed by atoms with Gasteiger partial charge in [0.1, 0.15) is 6.61 Å². The normalized spacial score (nSPS) is 13.0. The van der Waals surface area contributed by atoms with Gasteiger partial charge in [-0.25, -0.2) is 0 Å². The highest BCUT2D eigenvalue weighted by Crippen LogP contribution is 2.15. The van der Waals surface area contributed by atoms with Gasteiger partial charge in [0.05, 0.1) is 6.04 Å². The van der Waals surface area contributed by atoms with E-state index in [2.05, 4.69) is 9.84 Å². The number of benzene rings is 2. The number of Topliss-reactive ketones (excluding diaryl/α,β-unsaturated/α-hetero) is 1. The number of rotatable bonds is 8. The highest BCUT2D eigenvalue weighted by atomic mass is 31.1. The Morgan fingerprint density at radius 3 is 2.21 bits per heavy atom. The van der Waals surface area contributed by atoms with E-state index in [4.69, 9.17) is 4.89 Å². The van der Waals surface area contributed by atoms with Crippen LogP contribution in [0.2, 0.25) is 0 Å². The lowest BCUT2D eigenvalue weighted by molar-refractivity contribution is -0.122. The summed E-state index contributed by atoms with van der Waals surface area (Å²) in [5.74, 6) is -0.850. The predicted octanol–water partition coefficient (Wildman–Crippen LogP) is 2.00. The van der Waals surface area contributed by atoms with Gasteiger partial charge < -0.3 is 14.7 Å². The zero-order valence-corrected chi connectivity index (χ0v) is 13.8. The monoisotopic (exact) mass is 347 g/mol. The molecule has 2 N–H and O–H groups in total. The number of carbonyl (C=O) groups excluding carboxylic acids is 2. The molecule has 0 radical (unpaired) electrons. The van der Waals surface area contributed by atoms with Gasteiger partial charge in [0.25, 0.3) is 5.91 Å². The molecule has 0 fully saturated rings. The molecule has 0 saturated heterocycles. The summed E-state index contributed by atoms with van der Waals surface area (Å²) in [7, 11) is -3.20. The highest BCUT2D eigenvalue weighted by Gasteiger charge is 2.22. The molecule has 7 heteroatoms. The van der Waals surface area contributed by atoms with Crippen LogP contribution in [0.4, 0.5) is 0 Å². The number of hydrogen-bond acceptors (Lipinski definition) is 4. The quantitative estimate of drug-likeness (QED) is 0.713. The van der Waals surface area contributed by atoms with Crippen molar-refractivity contribution in [1.82, 2.24) is 5.32 Å².